The first-order chi connectivity index (χ1) is 13.8. The monoisotopic (exact) mass is 361 g/mol. The lowest BCUT2D eigenvalue weighted by atomic mass is 10.1. The van der Waals surface area contributed by atoms with Crippen LogP contribution in [0.3, 0.4) is 0 Å². The molecule has 3 heteroatoms. The molecule has 0 heterocycles. The summed E-state index contributed by atoms with van der Waals surface area (Å²) in [5, 5.41) is 12.3. The van der Waals surface area contributed by atoms with Crippen LogP contribution in [0.25, 0.3) is 0 Å². The second-order valence-electron chi connectivity index (χ2n) is 6.37. The first kappa shape index (κ1) is 17.4. The topological polar surface area (TPSA) is 39.1 Å². The van der Waals surface area contributed by atoms with E-state index in [2.05, 4.69) is 64.8 Å². The van der Waals surface area contributed by atoms with Gasteiger partial charge in [-0.15, -0.1) is 0 Å². The zero-order chi connectivity index (χ0) is 19.2. The fourth-order valence-electron chi connectivity index (χ4n) is 3.09. The molecule has 0 unspecified atom stereocenters. The Balaban J connectivity index is 1.62. The quantitative estimate of drug-likeness (QED) is 0.426. The number of anilines is 5. The van der Waals surface area contributed by atoms with Crippen molar-refractivity contribution in [2.24, 2.45) is 0 Å². The van der Waals surface area contributed by atoms with E-state index in [-0.39, 0.29) is 0 Å². The largest absolute Gasteiger partial charge is 0.356 e. The predicted molar refractivity (Wildman–Crippen MR) is 116 cm³/mol. The number of hydrogen-bond donors (Lipinski definition) is 1. The van der Waals surface area contributed by atoms with Gasteiger partial charge in [-0.25, -0.2) is 0 Å². The van der Waals surface area contributed by atoms with Gasteiger partial charge in [0.15, 0.2) is 0 Å². The normalized spacial score (nSPS) is 10.1. The van der Waals surface area contributed by atoms with Crippen LogP contribution in [0.15, 0.2) is 109 Å². The molecule has 0 aromatic heterocycles. The average molecular weight is 361 g/mol. The van der Waals surface area contributed by atoms with Crippen LogP contribution in [0.5, 0.6) is 0 Å². The first-order valence-corrected chi connectivity index (χ1v) is 9.11. The van der Waals surface area contributed by atoms with Crippen molar-refractivity contribution >= 4 is 28.4 Å². The first-order valence-electron chi connectivity index (χ1n) is 9.11. The van der Waals surface area contributed by atoms with E-state index in [0.29, 0.717) is 5.56 Å². The molecule has 0 aliphatic rings. The van der Waals surface area contributed by atoms with Gasteiger partial charge in [0.05, 0.1) is 11.6 Å². The number of nitrogens with one attached hydrogen (secondary N) is 1. The van der Waals surface area contributed by atoms with Crippen molar-refractivity contribution in [3.05, 3.63) is 115 Å². The molecule has 0 amide bonds. The van der Waals surface area contributed by atoms with Crippen LogP contribution < -0.4 is 10.2 Å². The Hall–Kier alpha value is -4.03. The highest BCUT2D eigenvalue weighted by Gasteiger charge is 2.11. The molecule has 0 atom stereocenters. The maximum Gasteiger partial charge on any atom is 0.0991 e. The Bertz CT molecular complexity index is 1030. The number of hydrogen-bond acceptors (Lipinski definition) is 3. The minimum absolute atomic E-state index is 0.655. The number of benzene rings is 4. The fraction of sp³-hybridized carbons (Fsp3) is 0. The van der Waals surface area contributed by atoms with Crippen LogP contribution in [0, 0.1) is 11.3 Å². The Kier molecular flexibility index (Phi) is 5.04. The van der Waals surface area contributed by atoms with E-state index in [9.17, 15) is 0 Å². The molecule has 0 aliphatic heterocycles. The summed E-state index contributed by atoms with van der Waals surface area (Å²) in [6.45, 7) is 0. The van der Waals surface area contributed by atoms with Crippen LogP contribution >= 0.6 is 0 Å². The molecule has 3 nitrogen and oxygen atoms in total. The Labute approximate surface area is 165 Å². The van der Waals surface area contributed by atoms with Gasteiger partial charge >= 0.3 is 0 Å². The molecule has 0 spiro atoms. The summed E-state index contributed by atoms with van der Waals surface area (Å²) in [7, 11) is 0. The van der Waals surface area contributed by atoms with E-state index >= 15 is 0 Å². The lowest BCUT2D eigenvalue weighted by molar-refractivity contribution is 1.28. The summed E-state index contributed by atoms with van der Waals surface area (Å²) in [4.78, 5) is 2.23. The van der Waals surface area contributed by atoms with Crippen molar-refractivity contribution in [3.8, 4) is 6.07 Å². The standard InChI is InChI=1S/C25H19N3/c26-19-20-11-13-21(14-12-20)27-22-15-17-25(18-16-22)28(23-7-3-1-4-8-23)24-9-5-2-6-10-24/h1-18,27H. The van der Waals surface area contributed by atoms with Gasteiger partial charge in [0.2, 0.25) is 0 Å². The van der Waals surface area contributed by atoms with Crippen molar-refractivity contribution in [1.29, 1.82) is 5.26 Å². The third kappa shape index (κ3) is 3.87. The third-order valence-electron chi connectivity index (χ3n) is 4.46. The van der Waals surface area contributed by atoms with E-state index < -0.39 is 0 Å². The minimum atomic E-state index is 0.655. The molecular formula is C25H19N3. The van der Waals surface area contributed by atoms with Gasteiger partial charge in [-0.2, -0.15) is 5.26 Å². The summed E-state index contributed by atoms with van der Waals surface area (Å²) in [6.07, 6.45) is 0. The molecule has 4 aromatic carbocycles. The second kappa shape index (κ2) is 8.11. The fourth-order valence-corrected chi connectivity index (χ4v) is 3.09. The Morgan fingerprint density at radius 1 is 0.536 bits per heavy atom. The molecule has 0 bridgehead atoms. The zero-order valence-corrected chi connectivity index (χ0v) is 15.3. The van der Waals surface area contributed by atoms with Gasteiger partial charge in [0.1, 0.15) is 0 Å². The Morgan fingerprint density at radius 3 is 1.43 bits per heavy atom. The van der Waals surface area contributed by atoms with Crippen molar-refractivity contribution < 1.29 is 0 Å². The van der Waals surface area contributed by atoms with Crippen LogP contribution in [-0.4, -0.2) is 0 Å². The van der Waals surface area contributed by atoms with E-state index in [1.54, 1.807) is 0 Å². The number of nitrogens with zero attached hydrogens (tertiary/aromatic N) is 2. The van der Waals surface area contributed by atoms with E-state index in [1.165, 1.54) is 0 Å². The lowest BCUT2D eigenvalue weighted by Gasteiger charge is -2.25. The minimum Gasteiger partial charge on any atom is -0.356 e. The number of nitriles is 1. The van der Waals surface area contributed by atoms with Crippen LogP contribution in [0.1, 0.15) is 5.56 Å². The number of rotatable bonds is 5. The highest BCUT2D eigenvalue weighted by molar-refractivity contribution is 5.77. The van der Waals surface area contributed by atoms with Gasteiger partial charge in [-0.3, -0.25) is 0 Å². The molecular weight excluding hydrogens is 342 g/mol. The highest BCUT2D eigenvalue weighted by atomic mass is 15.1. The van der Waals surface area contributed by atoms with E-state index in [1.807, 2.05) is 60.7 Å². The van der Waals surface area contributed by atoms with E-state index in [0.717, 1.165) is 28.4 Å². The van der Waals surface area contributed by atoms with Gasteiger partial charge in [0.25, 0.3) is 0 Å². The summed E-state index contributed by atoms with van der Waals surface area (Å²) in [5.74, 6) is 0. The molecule has 0 radical (unpaired) electrons. The molecule has 4 aromatic rings. The molecule has 0 aliphatic carbocycles. The maximum absolute atomic E-state index is 8.91. The van der Waals surface area contributed by atoms with Crippen molar-refractivity contribution in [1.82, 2.24) is 0 Å². The Morgan fingerprint density at radius 2 is 0.964 bits per heavy atom. The van der Waals surface area contributed by atoms with E-state index in [4.69, 9.17) is 5.26 Å². The molecule has 0 fully saturated rings. The molecule has 134 valence electrons. The second-order valence-corrected chi connectivity index (χ2v) is 6.37. The zero-order valence-electron chi connectivity index (χ0n) is 15.3. The molecule has 0 saturated heterocycles. The van der Waals surface area contributed by atoms with Crippen LogP contribution in [-0.2, 0) is 0 Å². The third-order valence-corrected chi connectivity index (χ3v) is 4.46. The van der Waals surface area contributed by atoms with Crippen LogP contribution in [0.4, 0.5) is 28.4 Å². The highest BCUT2D eigenvalue weighted by Crippen LogP contribution is 2.34. The number of para-hydroxylation sites is 2. The predicted octanol–water partition coefficient (Wildman–Crippen LogP) is 6.77. The molecule has 0 saturated carbocycles. The molecule has 1 N–H and O–H groups in total. The summed E-state index contributed by atoms with van der Waals surface area (Å²) in [6, 6.07) is 38.6. The lowest BCUT2D eigenvalue weighted by Crippen LogP contribution is -2.09. The summed E-state index contributed by atoms with van der Waals surface area (Å²) < 4.78 is 0. The molecule has 4 rings (SSSR count). The summed E-state index contributed by atoms with van der Waals surface area (Å²) >= 11 is 0. The van der Waals surface area contributed by atoms with Crippen molar-refractivity contribution in [2.45, 2.75) is 0 Å². The average Bonchev–Trinajstić information content (AvgIpc) is 2.77. The van der Waals surface area contributed by atoms with Crippen molar-refractivity contribution in [3.63, 3.8) is 0 Å². The van der Waals surface area contributed by atoms with Crippen LogP contribution in [0.2, 0.25) is 0 Å². The van der Waals surface area contributed by atoms with Gasteiger partial charge < -0.3 is 10.2 Å². The van der Waals surface area contributed by atoms with Gasteiger partial charge in [0, 0.05) is 28.4 Å². The van der Waals surface area contributed by atoms with Gasteiger partial charge in [-0.05, 0) is 72.8 Å². The molecule has 28 heavy (non-hydrogen) atoms. The summed E-state index contributed by atoms with van der Waals surface area (Å²) in [5.41, 5.74) is 5.91. The van der Waals surface area contributed by atoms with Gasteiger partial charge in [-0.1, -0.05) is 36.4 Å². The SMILES string of the molecule is N#Cc1ccc(Nc2ccc(N(c3ccccc3)c3ccccc3)cc2)cc1. The maximum atomic E-state index is 8.91. The smallest absolute Gasteiger partial charge is 0.0991 e. The van der Waals surface area contributed by atoms with Crippen molar-refractivity contribution in [2.75, 3.05) is 10.2 Å².